The number of Topliss-reactive ketones (excluding diaryl/α,β-unsaturated/α-hetero) is 1. The fourth-order valence-electron chi connectivity index (χ4n) is 1.53. The number of carbonyl (C=O) groups is 2. The fraction of sp³-hybridized carbons (Fsp3) is 0.500. The number of nitriles is 1. The van der Waals surface area contributed by atoms with Crippen LogP contribution in [-0.4, -0.2) is 30.9 Å². The van der Waals surface area contributed by atoms with Crippen LogP contribution in [0.5, 0.6) is 0 Å². The van der Waals surface area contributed by atoms with E-state index in [0.29, 0.717) is 24.4 Å². The highest BCUT2D eigenvalue weighted by Gasteiger charge is 2.28. The summed E-state index contributed by atoms with van der Waals surface area (Å²) in [5.41, 5.74) is 0. The van der Waals surface area contributed by atoms with Crippen LogP contribution in [0.15, 0.2) is 15.9 Å². The Morgan fingerprint density at radius 2 is 2.19 bits per heavy atom. The SMILES string of the molecule is CC(C)OCCCNC(=O)C(C#N)C(=O)c1ccc(Br)s1. The third kappa shape index (κ3) is 5.96. The van der Waals surface area contributed by atoms with E-state index in [1.165, 1.54) is 11.3 Å². The zero-order valence-corrected chi connectivity index (χ0v) is 14.3. The number of halogens is 1. The number of amides is 1. The summed E-state index contributed by atoms with van der Waals surface area (Å²) in [4.78, 5) is 24.4. The lowest BCUT2D eigenvalue weighted by Crippen LogP contribution is -2.35. The maximum atomic E-state index is 12.1. The molecule has 5 nitrogen and oxygen atoms in total. The summed E-state index contributed by atoms with van der Waals surface area (Å²) in [6, 6.07) is 5.09. The molecular formula is C14H17BrN2O3S. The number of rotatable bonds is 8. The van der Waals surface area contributed by atoms with Crippen molar-refractivity contribution in [1.82, 2.24) is 5.32 Å². The standard InChI is InChI=1S/C14H17BrN2O3S/c1-9(2)20-7-3-6-17-14(19)10(8-16)13(18)11-4-5-12(15)21-11/h4-5,9-10H,3,6-7H2,1-2H3,(H,17,19). The average molecular weight is 373 g/mol. The number of hydrogen-bond acceptors (Lipinski definition) is 5. The summed E-state index contributed by atoms with van der Waals surface area (Å²) >= 11 is 4.46. The fourth-order valence-corrected chi connectivity index (χ4v) is 2.89. The molecule has 0 aromatic carbocycles. The predicted molar refractivity (Wildman–Crippen MR) is 84.2 cm³/mol. The van der Waals surface area contributed by atoms with Gasteiger partial charge in [-0.05, 0) is 48.3 Å². The van der Waals surface area contributed by atoms with Crippen molar-refractivity contribution in [3.05, 3.63) is 20.8 Å². The van der Waals surface area contributed by atoms with Gasteiger partial charge in [0.15, 0.2) is 11.7 Å². The molecule has 1 N–H and O–H groups in total. The number of thiophene rings is 1. The Morgan fingerprint density at radius 1 is 1.48 bits per heavy atom. The van der Waals surface area contributed by atoms with Crippen LogP contribution in [0.1, 0.15) is 29.9 Å². The van der Waals surface area contributed by atoms with Gasteiger partial charge in [0.2, 0.25) is 5.91 Å². The van der Waals surface area contributed by atoms with Crippen molar-refractivity contribution in [1.29, 1.82) is 5.26 Å². The van der Waals surface area contributed by atoms with Gasteiger partial charge in [-0.25, -0.2) is 0 Å². The van der Waals surface area contributed by atoms with Crippen molar-refractivity contribution >= 4 is 39.0 Å². The van der Waals surface area contributed by atoms with Gasteiger partial charge in [-0.3, -0.25) is 9.59 Å². The molecule has 0 fully saturated rings. The van der Waals surface area contributed by atoms with Gasteiger partial charge in [0.1, 0.15) is 0 Å². The van der Waals surface area contributed by atoms with E-state index in [-0.39, 0.29) is 6.10 Å². The minimum absolute atomic E-state index is 0.145. The Balaban J connectivity index is 2.47. The number of ether oxygens (including phenoxy) is 1. The lowest BCUT2D eigenvalue weighted by atomic mass is 10.0. The molecule has 0 saturated carbocycles. The summed E-state index contributed by atoms with van der Waals surface area (Å²) in [5, 5.41) is 11.6. The molecule has 0 saturated heterocycles. The monoisotopic (exact) mass is 372 g/mol. The van der Waals surface area contributed by atoms with E-state index in [2.05, 4.69) is 21.2 Å². The van der Waals surface area contributed by atoms with Crippen molar-refractivity contribution in [3.63, 3.8) is 0 Å². The first kappa shape index (κ1) is 17.8. The molecule has 1 unspecified atom stereocenters. The summed E-state index contributed by atoms with van der Waals surface area (Å²) in [6.07, 6.45) is 0.785. The second kappa shape index (κ2) is 8.93. The molecule has 0 spiro atoms. The molecule has 0 aliphatic carbocycles. The van der Waals surface area contributed by atoms with Crippen molar-refractivity contribution in [3.8, 4) is 6.07 Å². The van der Waals surface area contributed by atoms with Crippen molar-refractivity contribution in [2.45, 2.75) is 26.4 Å². The van der Waals surface area contributed by atoms with Crippen LogP contribution in [-0.2, 0) is 9.53 Å². The number of ketones is 1. The zero-order chi connectivity index (χ0) is 15.8. The molecule has 7 heteroatoms. The number of nitrogens with zero attached hydrogens (tertiary/aromatic N) is 1. The minimum Gasteiger partial charge on any atom is -0.379 e. The molecule has 1 rings (SSSR count). The third-order valence-electron chi connectivity index (χ3n) is 2.54. The van der Waals surface area contributed by atoms with Gasteiger partial charge in [-0.2, -0.15) is 5.26 Å². The lowest BCUT2D eigenvalue weighted by molar-refractivity contribution is -0.122. The molecular weight excluding hydrogens is 356 g/mol. The first-order valence-corrected chi connectivity index (χ1v) is 8.15. The Hall–Kier alpha value is -1.23. The molecule has 114 valence electrons. The highest BCUT2D eigenvalue weighted by atomic mass is 79.9. The largest absolute Gasteiger partial charge is 0.379 e. The second-order valence-corrected chi connectivity index (χ2v) is 7.06. The van der Waals surface area contributed by atoms with Gasteiger partial charge < -0.3 is 10.1 Å². The van der Waals surface area contributed by atoms with Gasteiger partial charge in [0, 0.05) is 13.2 Å². The smallest absolute Gasteiger partial charge is 0.245 e. The lowest BCUT2D eigenvalue weighted by Gasteiger charge is -2.10. The molecule has 1 amide bonds. The van der Waals surface area contributed by atoms with Gasteiger partial charge in [0.25, 0.3) is 0 Å². The Kier molecular flexibility index (Phi) is 7.57. The van der Waals surface area contributed by atoms with E-state index in [0.717, 1.165) is 3.79 Å². The molecule has 1 aromatic heterocycles. The number of carbonyl (C=O) groups excluding carboxylic acids is 2. The van der Waals surface area contributed by atoms with E-state index >= 15 is 0 Å². The zero-order valence-electron chi connectivity index (χ0n) is 11.9. The first-order valence-electron chi connectivity index (χ1n) is 6.54. The summed E-state index contributed by atoms with van der Waals surface area (Å²) in [7, 11) is 0. The van der Waals surface area contributed by atoms with Crippen LogP contribution in [0.25, 0.3) is 0 Å². The van der Waals surface area contributed by atoms with E-state index in [1.54, 1.807) is 18.2 Å². The second-order valence-electron chi connectivity index (χ2n) is 4.59. The van der Waals surface area contributed by atoms with Crippen LogP contribution < -0.4 is 5.32 Å². The molecule has 0 aliphatic heterocycles. The van der Waals surface area contributed by atoms with E-state index in [9.17, 15) is 9.59 Å². The highest BCUT2D eigenvalue weighted by Crippen LogP contribution is 2.24. The van der Waals surface area contributed by atoms with Gasteiger partial charge in [0.05, 0.1) is 20.8 Å². The summed E-state index contributed by atoms with van der Waals surface area (Å²) in [5.74, 6) is -2.33. The Labute approximate surface area is 136 Å². The molecule has 1 heterocycles. The van der Waals surface area contributed by atoms with Crippen molar-refractivity contribution < 1.29 is 14.3 Å². The first-order chi connectivity index (χ1) is 9.95. The van der Waals surface area contributed by atoms with Crippen molar-refractivity contribution in [2.24, 2.45) is 5.92 Å². The average Bonchev–Trinajstić information content (AvgIpc) is 2.85. The summed E-state index contributed by atoms with van der Waals surface area (Å²) < 4.78 is 6.13. The quantitative estimate of drug-likeness (QED) is 0.432. The van der Waals surface area contributed by atoms with E-state index in [1.807, 2.05) is 13.8 Å². The van der Waals surface area contributed by atoms with Crippen LogP contribution in [0.2, 0.25) is 0 Å². The van der Waals surface area contributed by atoms with Crippen LogP contribution in [0.4, 0.5) is 0 Å². The Morgan fingerprint density at radius 3 is 2.71 bits per heavy atom. The molecule has 1 aromatic rings. The molecule has 0 radical (unpaired) electrons. The maximum absolute atomic E-state index is 12.1. The maximum Gasteiger partial charge on any atom is 0.245 e. The van der Waals surface area contributed by atoms with Crippen LogP contribution in [0.3, 0.4) is 0 Å². The van der Waals surface area contributed by atoms with Gasteiger partial charge >= 0.3 is 0 Å². The predicted octanol–water partition coefficient (Wildman–Crippen LogP) is 2.76. The molecule has 1 atom stereocenters. The van der Waals surface area contributed by atoms with Gasteiger partial charge in [-0.1, -0.05) is 0 Å². The number of nitrogens with one attached hydrogen (secondary N) is 1. The van der Waals surface area contributed by atoms with Crippen LogP contribution in [0, 0.1) is 17.2 Å². The van der Waals surface area contributed by atoms with E-state index < -0.39 is 17.6 Å². The molecule has 0 aliphatic rings. The highest BCUT2D eigenvalue weighted by molar-refractivity contribution is 9.11. The van der Waals surface area contributed by atoms with E-state index in [4.69, 9.17) is 10.00 Å². The van der Waals surface area contributed by atoms with Gasteiger partial charge in [-0.15, -0.1) is 11.3 Å². The van der Waals surface area contributed by atoms with Crippen molar-refractivity contribution in [2.75, 3.05) is 13.2 Å². The Bertz CT molecular complexity index is 537. The minimum atomic E-state index is -1.30. The normalized spacial score (nSPS) is 12.0. The summed E-state index contributed by atoms with van der Waals surface area (Å²) in [6.45, 7) is 4.77. The third-order valence-corrected chi connectivity index (χ3v) is 4.18. The molecule has 21 heavy (non-hydrogen) atoms. The molecule has 0 bridgehead atoms. The number of hydrogen-bond donors (Lipinski definition) is 1. The van der Waals surface area contributed by atoms with Crippen LogP contribution >= 0.6 is 27.3 Å². The topological polar surface area (TPSA) is 79.2 Å².